The average Bonchev–Trinajstić information content (AvgIpc) is 2.47. The van der Waals surface area contributed by atoms with E-state index in [4.69, 9.17) is 0 Å². The molecule has 110 valence electrons. The average molecular weight is 292 g/mol. The van der Waals surface area contributed by atoms with E-state index in [0.717, 1.165) is 17.7 Å². The number of benzene rings is 1. The molecule has 0 bridgehead atoms. The van der Waals surface area contributed by atoms with Crippen LogP contribution in [0.5, 0.6) is 0 Å². The Morgan fingerprint density at radius 1 is 1.29 bits per heavy atom. The third-order valence-corrected chi connectivity index (χ3v) is 3.02. The minimum atomic E-state index is -0.785. The Morgan fingerprint density at radius 2 is 2.00 bits per heavy atom. The quantitative estimate of drug-likeness (QED) is 0.773. The lowest BCUT2D eigenvalue weighted by atomic mass is 10.1. The molecule has 2 aromatic rings. The summed E-state index contributed by atoms with van der Waals surface area (Å²) in [6.07, 6.45) is 1.36. The van der Waals surface area contributed by atoms with Gasteiger partial charge in [-0.3, -0.25) is 9.36 Å². The molecular weight excluding hydrogens is 279 g/mol. The van der Waals surface area contributed by atoms with Crippen molar-refractivity contribution < 1.29 is 13.9 Å². The molecule has 2 rings (SSSR count). The molecule has 1 heterocycles. The zero-order chi connectivity index (χ0) is 15.6. The molecule has 0 spiro atoms. The Bertz CT molecular complexity index is 807. The van der Waals surface area contributed by atoms with Crippen LogP contribution in [0.4, 0.5) is 4.39 Å². The fourth-order valence-corrected chi connectivity index (χ4v) is 1.87. The Labute approximate surface area is 119 Å². The monoisotopic (exact) mass is 292 g/mol. The Balaban J connectivity index is 2.40. The van der Waals surface area contributed by atoms with Gasteiger partial charge < -0.3 is 9.30 Å². The summed E-state index contributed by atoms with van der Waals surface area (Å²) in [5, 5.41) is 0. The number of aryl methyl sites for hydroxylation is 1. The van der Waals surface area contributed by atoms with Crippen LogP contribution in [0.1, 0.15) is 15.9 Å². The number of carbonyl (C=O) groups excluding carboxylic acids is 1. The Morgan fingerprint density at radius 3 is 2.62 bits per heavy atom. The van der Waals surface area contributed by atoms with Crippen molar-refractivity contribution in [2.24, 2.45) is 7.05 Å². The summed E-state index contributed by atoms with van der Waals surface area (Å²) in [6.45, 7) is -0.0787. The minimum absolute atomic E-state index is 0.0787. The van der Waals surface area contributed by atoms with Crippen LogP contribution in [0.3, 0.4) is 0 Å². The van der Waals surface area contributed by atoms with Crippen LogP contribution in [0.2, 0.25) is 0 Å². The SMILES string of the molecule is COC(=O)c1ccc(Cn2c(=O)ccn(C)c2=O)cc1F. The number of hydrogen-bond acceptors (Lipinski definition) is 4. The fourth-order valence-electron chi connectivity index (χ4n) is 1.87. The van der Waals surface area contributed by atoms with Gasteiger partial charge in [-0.25, -0.2) is 14.0 Å². The van der Waals surface area contributed by atoms with Gasteiger partial charge in [-0.05, 0) is 17.7 Å². The number of halogens is 1. The van der Waals surface area contributed by atoms with Crippen molar-refractivity contribution in [3.63, 3.8) is 0 Å². The summed E-state index contributed by atoms with van der Waals surface area (Å²) in [6, 6.07) is 5.08. The Kier molecular flexibility index (Phi) is 4.02. The number of methoxy groups -OCH3 is 1. The van der Waals surface area contributed by atoms with E-state index < -0.39 is 23.0 Å². The van der Waals surface area contributed by atoms with Gasteiger partial charge in [-0.2, -0.15) is 0 Å². The predicted octanol–water partition coefficient (Wildman–Crippen LogP) is 0.521. The summed E-state index contributed by atoms with van der Waals surface area (Å²) in [5.41, 5.74) is -0.782. The molecular formula is C14H13FN2O4. The summed E-state index contributed by atoms with van der Waals surface area (Å²) in [4.78, 5) is 34.8. The van der Waals surface area contributed by atoms with Crippen LogP contribution in [0.15, 0.2) is 40.1 Å². The highest BCUT2D eigenvalue weighted by Gasteiger charge is 2.13. The number of carbonyl (C=O) groups is 1. The first-order valence-corrected chi connectivity index (χ1v) is 6.07. The standard InChI is InChI=1S/C14H13FN2O4/c1-16-6-5-12(18)17(14(16)20)8-9-3-4-10(11(15)7-9)13(19)21-2/h3-7H,8H2,1-2H3. The van der Waals surface area contributed by atoms with E-state index in [0.29, 0.717) is 5.56 Å². The van der Waals surface area contributed by atoms with Gasteiger partial charge >= 0.3 is 11.7 Å². The van der Waals surface area contributed by atoms with E-state index in [9.17, 15) is 18.8 Å². The zero-order valence-electron chi connectivity index (χ0n) is 11.5. The van der Waals surface area contributed by atoms with Gasteiger partial charge in [0.05, 0.1) is 19.2 Å². The molecule has 0 fully saturated rings. The van der Waals surface area contributed by atoms with Crippen molar-refractivity contribution in [3.05, 3.63) is 68.2 Å². The molecule has 6 nitrogen and oxygen atoms in total. The lowest BCUT2D eigenvalue weighted by Crippen LogP contribution is -2.38. The van der Waals surface area contributed by atoms with E-state index in [1.54, 1.807) is 0 Å². The van der Waals surface area contributed by atoms with Crippen molar-refractivity contribution in [2.45, 2.75) is 6.54 Å². The summed E-state index contributed by atoms with van der Waals surface area (Å²) < 4.78 is 20.5. The number of aromatic nitrogens is 2. The molecule has 0 atom stereocenters. The number of nitrogens with zero attached hydrogens (tertiary/aromatic N) is 2. The van der Waals surface area contributed by atoms with Crippen LogP contribution >= 0.6 is 0 Å². The topological polar surface area (TPSA) is 70.3 Å². The van der Waals surface area contributed by atoms with Gasteiger partial charge in [0, 0.05) is 19.3 Å². The van der Waals surface area contributed by atoms with Gasteiger partial charge in [0.1, 0.15) is 5.82 Å². The molecule has 0 unspecified atom stereocenters. The molecule has 0 aliphatic carbocycles. The Hall–Kier alpha value is -2.70. The maximum absolute atomic E-state index is 13.8. The van der Waals surface area contributed by atoms with Crippen molar-refractivity contribution in [3.8, 4) is 0 Å². The van der Waals surface area contributed by atoms with Crippen molar-refractivity contribution in [1.82, 2.24) is 9.13 Å². The number of hydrogen-bond donors (Lipinski definition) is 0. The van der Waals surface area contributed by atoms with Crippen LogP contribution in [0, 0.1) is 5.82 Å². The third kappa shape index (κ3) is 2.91. The van der Waals surface area contributed by atoms with E-state index in [1.807, 2.05) is 0 Å². The van der Waals surface area contributed by atoms with Crippen molar-refractivity contribution in [1.29, 1.82) is 0 Å². The van der Waals surface area contributed by atoms with E-state index >= 15 is 0 Å². The van der Waals surface area contributed by atoms with Gasteiger partial charge in [0.2, 0.25) is 0 Å². The first-order chi connectivity index (χ1) is 9.93. The van der Waals surface area contributed by atoms with Gasteiger partial charge in [0.15, 0.2) is 0 Å². The summed E-state index contributed by atoms with van der Waals surface area (Å²) >= 11 is 0. The second kappa shape index (κ2) is 5.74. The van der Waals surface area contributed by atoms with Crippen LogP contribution in [0.25, 0.3) is 0 Å². The number of rotatable bonds is 3. The summed E-state index contributed by atoms with van der Waals surface area (Å²) in [7, 11) is 2.67. The maximum Gasteiger partial charge on any atom is 0.340 e. The van der Waals surface area contributed by atoms with Gasteiger partial charge in [-0.15, -0.1) is 0 Å². The molecule has 21 heavy (non-hydrogen) atoms. The van der Waals surface area contributed by atoms with Crippen molar-refractivity contribution >= 4 is 5.97 Å². The van der Waals surface area contributed by atoms with Gasteiger partial charge in [0.25, 0.3) is 5.56 Å². The van der Waals surface area contributed by atoms with E-state index in [-0.39, 0.29) is 12.1 Å². The van der Waals surface area contributed by atoms with E-state index in [1.165, 1.54) is 36.0 Å². The second-order valence-electron chi connectivity index (χ2n) is 4.44. The molecule has 0 aliphatic heterocycles. The molecule has 0 radical (unpaired) electrons. The van der Waals surface area contributed by atoms with Gasteiger partial charge in [-0.1, -0.05) is 6.07 Å². The lowest BCUT2D eigenvalue weighted by molar-refractivity contribution is 0.0595. The van der Waals surface area contributed by atoms with Crippen molar-refractivity contribution in [2.75, 3.05) is 7.11 Å². The number of ether oxygens (including phenoxy) is 1. The number of esters is 1. The smallest absolute Gasteiger partial charge is 0.340 e. The predicted molar refractivity (Wildman–Crippen MR) is 72.8 cm³/mol. The highest BCUT2D eigenvalue weighted by atomic mass is 19.1. The molecule has 1 aromatic carbocycles. The largest absolute Gasteiger partial charge is 0.465 e. The second-order valence-corrected chi connectivity index (χ2v) is 4.44. The third-order valence-electron chi connectivity index (χ3n) is 3.02. The molecule has 0 amide bonds. The normalized spacial score (nSPS) is 10.4. The molecule has 0 N–H and O–H groups in total. The maximum atomic E-state index is 13.8. The first kappa shape index (κ1) is 14.7. The molecule has 7 heteroatoms. The minimum Gasteiger partial charge on any atom is -0.465 e. The molecule has 0 aliphatic rings. The zero-order valence-corrected chi connectivity index (χ0v) is 11.5. The highest BCUT2D eigenvalue weighted by molar-refractivity contribution is 5.89. The fraction of sp³-hybridized carbons (Fsp3) is 0.214. The summed E-state index contributed by atoms with van der Waals surface area (Å²) in [5.74, 6) is -1.55. The van der Waals surface area contributed by atoms with E-state index in [2.05, 4.69) is 4.74 Å². The van der Waals surface area contributed by atoms with Crippen LogP contribution in [-0.2, 0) is 18.3 Å². The molecule has 1 aromatic heterocycles. The first-order valence-electron chi connectivity index (χ1n) is 6.07. The van der Waals surface area contributed by atoms with Crippen LogP contribution in [-0.4, -0.2) is 22.2 Å². The van der Waals surface area contributed by atoms with Crippen LogP contribution < -0.4 is 11.2 Å². The lowest BCUT2D eigenvalue weighted by Gasteiger charge is -2.08. The molecule has 0 saturated heterocycles. The molecule has 0 saturated carbocycles. The highest BCUT2D eigenvalue weighted by Crippen LogP contribution is 2.12.